The molecule has 0 unspecified atom stereocenters. The standard InChI is InChI=1S/C31H35F6NO3/c1-4-7-22-15-25(29(41,30(32,33)34)31(35,36)37)11-13-27(22)28-16-26(12-10-21(28)5-2)38(6-3)17-20-8-9-23(18-39)24(14-20)19-40/h8-16,39-41H,4-7,17-19H2,1-3H3. The van der Waals surface area contributed by atoms with Crippen LogP contribution in [0.5, 0.6) is 0 Å². The molecule has 0 atom stereocenters. The molecule has 10 heteroatoms. The zero-order valence-electron chi connectivity index (χ0n) is 23.2. The molecule has 0 aromatic heterocycles. The second-order valence-electron chi connectivity index (χ2n) is 9.96. The third-order valence-corrected chi connectivity index (χ3v) is 7.36. The number of halogens is 6. The minimum absolute atomic E-state index is 0.197. The predicted octanol–water partition coefficient (Wildman–Crippen LogP) is 7.19. The summed E-state index contributed by atoms with van der Waals surface area (Å²) >= 11 is 0. The van der Waals surface area contributed by atoms with E-state index in [1.807, 2.05) is 44.2 Å². The lowest BCUT2D eigenvalue weighted by Crippen LogP contribution is -2.53. The van der Waals surface area contributed by atoms with Gasteiger partial charge in [-0.25, -0.2) is 0 Å². The van der Waals surface area contributed by atoms with E-state index in [1.165, 1.54) is 6.07 Å². The Balaban J connectivity index is 2.12. The van der Waals surface area contributed by atoms with Gasteiger partial charge in [-0.3, -0.25) is 0 Å². The summed E-state index contributed by atoms with van der Waals surface area (Å²) in [7, 11) is 0. The van der Waals surface area contributed by atoms with Crippen molar-refractivity contribution >= 4 is 5.69 Å². The molecule has 4 nitrogen and oxygen atoms in total. The van der Waals surface area contributed by atoms with Crippen LogP contribution in [-0.2, 0) is 38.2 Å². The highest BCUT2D eigenvalue weighted by molar-refractivity contribution is 5.75. The monoisotopic (exact) mass is 583 g/mol. The van der Waals surface area contributed by atoms with Crippen LogP contribution in [0.1, 0.15) is 60.6 Å². The van der Waals surface area contributed by atoms with Crippen LogP contribution in [-0.4, -0.2) is 34.2 Å². The van der Waals surface area contributed by atoms with Crippen LogP contribution in [0.3, 0.4) is 0 Å². The largest absolute Gasteiger partial charge is 0.430 e. The van der Waals surface area contributed by atoms with Gasteiger partial charge in [0.15, 0.2) is 0 Å². The van der Waals surface area contributed by atoms with Crippen LogP contribution in [0.2, 0.25) is 0 Å². The molecule has 0 aliphatic heterocycles. The minimum atomic E-state index is -5.96. The third-order valence-electron chi connectivity index (χ3n) is 7.36. The van der Waals surface area contributed by atoms with E-state index in [1.54, 1.807) is 13.0 Å². The van der Waals surface area contributed by atoms with E-state index < -0.39 is 23.5 Å². The molecule has 0 fully saturated rings. The summed E-state index contributed by atoms with van der Waals surface area (Å²) in [4.78, 5) is 2.05. The first-order valence-electron chi connectivity index (χ1n) is 13.4. The first-order chi connectivity index (χ1) is 19.2. The quantitative estimate of drug-likeness (QED) is 0.209. The second kappa shape index (κ2) is 12.8. The lowest BCUT2D eigenvalue weighted by atomic mass is 9.85. The van der Waals surface area contributed by atoms with Gasteiger partial charge in [0.1, 0.15) is 0 Å². The molecule has 0 aliphatic carbocycles. The third kappa shape index (κ3) is 6.55. The summed E-state index contributed by atoms with van der Waals surface area (Å²) < 4.78 is 81.6. The summed E-state index contributed by atoms with van der Waals surface area (Å²) in [5.74, 6) is 0. The SMILES string of the molecule is CCCc1cc(C(O)(C(F)(F)F)C(F)(F)F)ccc1-c1cc(N(CC)Cc2ccc(CO)c(CO)c2)ccc1CC. The number of benzene rings is 3. The van der Waals surface area contributed by atoms with Crippen molar-refractivity contribution in [2.45, 2.75) is 77.7 Å². The number of aryl methyl sites for hydroxylation is 2. The van der Waals surface area contributed by atoms with Crippen molar-refractivity contribution in [3.8, 4) is 11.1 Å². The number of aliphatic hydroxyl groups is 3. The molecule has 0 saturated heterocycles. The number of hydrogen-bond donors (Lipinski definition) is 3. The maximum atomic E-state index is 13.6. The average molecular weight is 584 g/mol. The molecule has 0 spiro atoms. The molecule has 0 aliphatic rings. The minimum Gasteiger partial charge on any atom is -0.392 e. The van der Waals surface area contributed by atoms with Gasteiger partial charge in [-0.1, -0.05) is 62.7 Å². The topological polar surface area (TPSA) is 63.9 Å². The lowest BCUT2D eigenvalue weighted by Gasteiger charge is -2.33. The predicted molar refractivity (Wildman–Crippen MR) is 146 cm³/mol. The maximum absolute atomic E-state index is 13.6. The fourth-order valence-electron chi connectivity index (χ4n) is 5.05. The Morgan fingerprint density at radius 1 is 0.683 bits per heavy atom. The smallest absolute Gasteiger partial charge is 0.392 e. The van der Waals surface area contributed by atoms with Gasteiger partial charge in [-0.15, -0.1) is 0 Å². The molecule has 0 amide bonds. The average Bonchev–Trinajstić information content (AvgIpc) is 2.93. The van der Waals surface area contributed by atoms with E-state index in [0.29, 0.717) is 54.3 Å². The number of alkyl halides is 6. The molecule has 3 N–H and O–H groups in total. The molecule has 3 aromatic carbocycles. The Kier molecular flexibility index (Phi) is 10.2. The highest BCUT2D eigenvalue weighted by Gasteiger charge is 2.71. The molecular weight excluding hydrogens is 548 g/mol. The van der Waals surface area contributed by atoms with Gasteiger partial charge >= 0.3 is 12.4 Å². The fraction of sp³-hybridized carbons (Fsp3) is 0.419. The number of aliphatic hydroxyl groups excluding tert-OH is 2. The number of nitrogens with zero attached hydrogens (tertiary/aromatic N) is 1. The Morgan fingerprint density at radius 2 is 1.32 bits per heavy atom. The molecule has 0 radical (unpaired) electrons. The second-order valence-corrected chi connectivity index (χ2v) is 9.96. The van der Waals surface area contributed by atoms with Crippen LogP contribution in [0.15, 0.2) is 54.6 Å². The van der Waals surface area contributed by atoms with Gasteiger partial charge in [0.2, 0.25) is 0 Å². The van der Waals surface area contributed by atoms with Crippen LogP contribution >= 0.6 is 0 Å². The van der Waals surface area contributed by atoms with Crippen LogP contribution in [0, 0.1) is 0 Å². The molecular formula is C31H35F6NO3. The summed E-state index contributed by atoms with van der Waals surface area (Å²) in [6.07, 6.45) is -10.7. The highest BCUT2D eigenvalue weighted by Crippen LogP contribution is 2.50. The van der Waals surface area contributed by atoms with Gasteiger partial charge in [0.25, 0.3) is 5.60 Å². The van der Waals surface area contributed by atoms with E-state index in [9.17, 15) is 41.7 Å². The summed E-state index contributed by atoms with van der Waals surface area (Å²) in [6.45, 7) is 6.27. The van der Waals surface area contributed by atoms with Crippen molar-refractivity contribution in [3.63, 3.8) is 0 Å². The number of anilines is 1. The Hall–Kier alpha value is -3.08. The first kappa shape index (κ1) is 32.4. The maximum Gasteiger partial charge on any atom is 0.430 e. The van der Waals surface area contributed by atoms with Crippen LogP contribution in [0.25, 0.3) is 11.1 Å². The van der Waals surface area contributed by atoms with Crippen molar-refractivity contribution in [2.75, 3.05) is 11.4 Å². The normalized spacial score (nSPS) is 12.6. The highest BCUT2D eigenvalue weighted by atomic mass is 19.4. The van der Waals surface area contributed by atoms with E-state index in [0.717, 1.165) is 22.9 Å². The zero-order chi connectivity index (χ0) is 30.6. The van der Waals surface area contributed by atoms with E-state index in [2.05, 4.69) is 4.90 Å². The van der Waals surface area contributed by atoms with Gasteiger partial charge in [-0.2, -0.15) is 26.3 Å². The molecule has 224 valence electrons. The summed E-state index contributed by atoms with van der Waals surface area (Å²) in [5.41, 5.74) is -0.984. The zero-order valence-corrected chi connectivity index (χ0v) is 23.2. The van der Waals surface area contributed by atoms with Gasteiger partial charge < -0.3 is 20.2 Å². The Labute approximate surface area is 235 Å². The van der Waals surface area contributed by atoms with Crippen LogP contribution in [0.4, 0.5) is 32.0 Å². The Morgan fingerprint density at radius 3 is 1.85 bits per heavy atom. The first-order valence-corrected chi connectivity index (χ1v) is 13.4. The lowest BCUT2D eigenvalue weighted by molar-refractivity contribution is -0.376. The number of rotatable bonds is 11. The van der Waals surface area contributed by atoms with Crippen molar-refractivity contribution in [2.24, 2.45) is 0 Å². The van der Waals surface area contributed by atoms with Gasteiger partial charge in [0, 0.05) is 24.3 Å². The molecule has 0 saturated carbocycles. The van der Waals surface area contributed by atoms with Gasteiger partial charge in [-0.05, 0) is 70.8 Å². The molecule has 0 heterocycles. The van der Waals surface area contributed by atoms with Crippen molar-refractivity contribution in [1.82, 2.24) is 0 Å². The van der Waals surface area contributed by atoms with Crippen molar-refractivity contribution < 1.29 is 41.7 Å². The molecule has 3 rings (SSSR count). The molecule has 41 heavy (non-hydrogen) atoms. The van der Waals surface area contributed by atoms with E-state index in [-0.39, 0.29) is 25.2 Å². The molecule has 0 bridgehead atoms. The summed E-state index contributed by atoms with van der Waals surface area (Å²) in [5, 5.41) is 29.1. The van der Waals surface area contributed by atoms with Crippen LogP contribution < -0.4 is 4.90 Å². The van der Waals surface area contributed by atoms with Crippen molar-refractivity contribution in [3.05, 3.63) is 88.0 Å². The van der Waals surface area contributed by atoms with E-state index >= 15 is 0 Å². The summed E-state index contributed by atoms with van der Waals surface area (Å²) in [6, 6.07) is 13.9. The Bertz CT molecular complexity index is 1320. The number of hydrogen-bond acceptors (Lipinski definition) is 4. The van der Waals surface area contributed by atoms with Crippen molar-refractivity contribution in [1.29, 1.82) is 0 Å². The van der Waals surface area contributed by atoms with Gasteiger partial charge in [0.05, 0.1) is 13.2 Å². The fourth-order valence-corrected chi connectivity index (χ4v) is 5.05. The molecule has 3 aromatic rings. The van der Waals surface area contributed by atoms with E-state index in [4.69, 9.17) is 0 Å².